The molecule has 2 aromatic rings. The van der Waals surface area contributed by atoms with Gasteiger partial charge in [0.25, 0.3) is 17.7 Å². The van der Waals surface area contributed by atoms with Gasteiger partial charge in [-0.2, -0.15) is 0 Å². The summed E-state index contributed by atoms with van der Waals surface area (Å²) in [4.78, 5) is 38.0. The van der Waals surface area contributed by atoms with Gasteiger partial charge in [-0.1, -0.05) is 17.7 Å². The van der Waals surface area contributed by atoms with Crippen LogP contribution in [0.2, 0.25) is 0 Å². The van der Waals surface area contributed by atoms with Gasteiger partial charge < -0.3 is 14.8 Å². The van der Waals surface area contributed by atoms with Crippen LogP contribution in [0.15, 0.2) is 46.4 Å². The minimum absolute atomic E-state index is 0.0450. The molecule has 32 heavy (non-hydrogen) atoms. The van der Waals surface area contributed by atoms with Gasteiger partial charge >= 0.3 is 0 Å². The second-order valence-corrected chi connectivity index (χ2v) is 8.16. The molecule has 2 N–H and O–H groups in total. The number of benzene rings is 2. The van der Waals surface area contributed by atoms with Crippen LogP contribution >= 0.6 is 28.1 Å². The number of nitrogens with one attached hydrogen (secondary N) is 2. The Balaban J connectivity index is 1.77. The first-order valence-corrected chi connectivity index (χ1v) is 10.6. The molecule has 1 fully saturated rings. The van der Waals surface area contributed by atoms with Crippen molar-refractivity contribution in [3.05, 3.63) is 57.6 Å². The summed E-state index contributed by atoms with van der Waals surface area (Å²) in [5.74, 6) is -0.797. The van der Waals surface area contributed by atoms with Gasteiger partial charge in [0, 0.05) is 12.7 Å². The number of amides is 3. The number of anilines is 1. The van der Waals surface area contributed by atoms with Gasteiger partial charge in [0.1, 0.15) is 5.57 Å². The number of methoxy groups -OCH3 is 1. The molecule has 0 aromatic heterocycles. The summed E-state index contributed by atoms with van der Waals surface area (Å²) in [6.45, 7) is 1.72. The molecule has 0 bridgehead atoms. The number of carbonyl (C=O) groups is 3. The van der Waals surface area contributed by atoms with Crippen LogP contribution in [0.1, 0.15) is 11.1 Å². The van der Waals surface area contributed by atoms with Crippen LogP contribution < -0.4 is 20.1 Å². The molecule has 0 saturated carbocycles. The van der Waals surface area contributed by atoms with Crippen LogP contribution in [0.5, 0.6) is 11.5 Å². The molecular formula is C22H20BrN3O5S. The van der Waals surface area contributed by atoms with Crippen LogP contribution in [0, 0.1) is 6.92 Å². The first-order chi connectivity index (χ1) is 15.2. The molecular weight excluding hydrogens is 498 g/mol. The van der Waals surface area contributed by atoms with Gasteiger partial charge in [0.2, 0.25) is 0 Å². The molecule has 1 saturated heterocycles. The van der Waals surface area contributed by atoms with Crippen molar-refractivity contribution in [3.63, 3.8) is 0 Å². The highest BCUT2D eigenvalue weighted by molar-refractivity contribution is 9.10. The van der Waals surface area contributed by atoms with E-state index >= 15 is 0 Å². The van der Waals surface area contributed by atoms with Crippen molar-refractivity contribution in [2.45, 2.75) is 6.92 Å². The highest BCUT2D eigenvalue weighted by Gasteiger charge is 2.30. The van der Waals surface area contributed by atoms with Gasteiger partial charge in [-0.25, -0.2) is 0 Å². The van der Waals surface area contributed by atoms with E-state index in [9.17, 15) is 14.4 Å². The summed E-state index contributed by atoms with van der Waals surface area (Å²) in [6.07, 6.45) is 1.43. The molecule has 8 nitrogen and oxygen atoms in total. The Labute approximate surface area is 198 Å². The first-order valence-electron chi connectivity index (χ1n) is 9.41. The van der Waals surface area contributed by atoms with Crippen LogP contribution in [0.25, 0.3) is 6.08 Å². The molecule has 1 heterocycles. The smallest absolute Gasteiger partial charge is 0.265 e. The molecule has 0 spiro atoms. The molecule has 1 aliphatic heterocycles. The Morgan fingerprint density at radius 1 is 1.25 bits per heavy atom. The van der Waals surface area contributed by atoms with Crippen LogP contribution in [0.4, 0.5) is 5.69 Å². The molecule has 1 aliphatic rings. The zero-order chi connectivity index (χ0) is 23.4. The third kappa shape index (κ3) is 5.32. The Hall–Kier alpha value is -3.24. The van der Waals surface area contributed by atoms with E-state index in [2.05, 4.69) is 26.6 Å². The predicted octanol–water partition coefficient (Wildman–Crippen LogP) is 3.04. The third-order valence-corrected chi connectivity index (χ3v) is 5.52. The fourth-order valence-corrected chi connectivity index (χ4v) is 3.60. The topological polar surface area (TPSA) is 97.0 Å². The summed E-state index contributed by atoms with van der Waals surface area (Å²) in [7, 11) is 2.93. The largest absolute Gasteiger partial charge is 0.493 e. The SMILES string of the molecule is COc1cc(/C=C2\C(=O)NC(=S)N(C)C2=O)cc(Br)c1OCC(=O)Nc1ccc(C)cc1. The molecule has 0 atom stereocenters. The van der Waals surface area contributed by atoms with Crippen LogP contribution in [0.3, 0.4) is 0 Å². The first kappa shape index (κ1) is 23.4. The zero-order valence-corrected chi connectivity index (χ0v) is 19.9. The Morgan fingerprint density at radius 3 is 2.59 bits per heavy atom. The predicted molar refractivity (Wildman–Crippen MR) is 127 cm³/mol. The van der Waals surface area contributed by atoms with E-state index in [-0.39, 0.29) is 23.2 Å². The number of likely N-dealkylation sites (N-methyl/N-ethyl adjacent to an activating group) is 1. The van der Waals surface area contributed by atoms with Crippen molar-refractivity contribution in [2.24, 2.45) is 0 Å². The monoisotopic (exact) mass is 517 g/mol. The molecule has 0 radical (unpaired) electrons. The van der Waals surface area contributed by atoms with Gasteiger partial charge in [0.15, 0.2) is 23.2 Å². The van der Waals surface area contributed by atoms with Crippen LogP contribution in [-0.2, 0) is 14.4 Å². The maximum absolute atomic E-state index is 12.4. The van der Waals surface area contributed by atoms with E-state index in [0.717, 1.165) is 5.56 Å². The standard InChI is InChI=1S/C22H20BrN3O5S/c1-12-4-6-14(7-5-12)24-18(27)11-31-19-16(23)9-13(10-17(19)30-3)8-15-20(28)25-22(32)26(2)21(15)29/h4-10H,11H2,1-3H3,(H,24,27)(H,25,28,32)/b15-8+. The van der Waals surface area contributed by atoms with Gasteiger partial charge in [-0.3, -0.25) is 24.6 Å². The van der Waals surface area contributed by atoms with Gasteiger partial charge in [-0.05, 0) is 71.0 Å². The Morgan fingerprint density at radius 2 is 1.94 bits per heavy atom. The van der Waals surface area contributed by atoms with E-state index in [1.54, 1.807) is 24.3 Å². The van der Waals surface area contributed by atoms with Gasteiger partial charge in [-0.15, -0.1) is 0 Å². The number of nitrogens with zero attached hydrogens (tertiary/aromatic N) is 1. The van der Waals surface area contributed by atoms with Crippen molar-refractivity contribution in [1.82, 2.24) is 10.2 Å². The lowest BCUT2D eigenvalue weighted by Crippen LogP contribution is -2.52. The summed E-state index contributed by atoms with van der Waals surface area (Å²) < 4.78 is 11.5. The minimum atomic E-state index is -0.582. The highest BCUT2D eigenvalue weighted by Crippen LogP contribution is 2.37. The van der Waals surface area contributed by atoms with Crippen molar-refractivity contribution in [3.8, 4) is 11.5 Å². The van der Waals surface area contributed by atoms with Crippen molar-refractivity contribution >= 4 is 62.7 Å². The molecule has 166 valence electrons. The lowest BCUT2D eigenvalue weighted by molar-refractivity contribution is -0.128. The fraction of sp³-hybridized carbons (Fsp3) is 0.182. The number of ether oxygens (including phenoxy) is 2. The molecule has 3 rings (SSSR count). The normalized spacial score (nSPS) is 14.9. The van der Waals surface area contributed by atoms with E-state index in [1.807, 2.05) is 19.1 Å². The minimum Gasteiger partial charge on any atom is -0.493 e. The second kappa shape index (κ2) is 9.92. The number of thiocarbonyl (C=S) groups is 1. The van der Waals surface area contributed by atoms with E-state index in [0.29, 0.717) is 27.2 Å². The summed E-state index contributed by atoms with van der Waals surface area (Å²) in [6, 6.07) is 10.6. The highest BCUT2D eigenvalue weighted by atomic mass is 79.9. The van der Waals surface area contributed by atoms with Crippen molar-refractivity contribution in [2.75, 3.05) is 26.1 Å². The fourth-order valence-electron chi connectivity index (χ4n) is 2.85. The maximum Gasteiger partial charge on any atom is 0.265 e. The number of carbonyl (C=O) groups excluding carboxylic acids is 3. The lowest BCUT2D eigenvalue weighted by Gasteiger charge is -2.25. The molecule has 10 heteroatoms. The van der Waals surface area contributed by atoms with Crippen LogP contribution in [-0.4, -0.2) is 48.5 Å². The molecule has 2 aromatic carbocycles. The zero-order valence-electron chi connectivity index (χ0n) is 17.5. The van der Waals surface area contributed by atoms with E-state index in [1.165, 1.54) is 25.1 Å². The lowest BCUT2D eigenvalue weighted by atomic mass is 10.1. The number of aryl methyl sites for hydroxylation is 1. The maximum atomic E-state index is 12.4. The summed E-state index contributed by atoms with van der Waals surface area (Å²) in [5.41, 5.74) is 2.20. The molecule has 0 aliphatic carbocycles. The van der Waals surface area contributed by atoms with Gasteiger partial charge in [0.05, 0.1) is 11.6 Å². The number of rotatable bonds is 6. The second-order valence-electron chi connectivity index (χ2n) is 6.92. The number of hydrogen-bond donors (Lipinski definition) is 2. The molecule has 0 unspecified atom stereocenters. The van der Waals surface area contributed by atoms with Crippen molar-refractivity contribution in [1.29, 1.82) is 0 Å². The quantitative estimate of drug-likeness (QED) is 0.347. The third-order valence-electron chi connectivity index (χ3n) is 4.55. The number of halogens is 1. The van der Waals surface area contributed by atoms with E-state index in [4.69, 9.17) is 21.7 Å². The Kier molecular flexibility index (Phi) is 7.26. The summed E-state index contributed by atoms with van der Waals surface area (Å²) in [5, 5.41) is 5.25. The van der Waals surface area contributed by atoms with E-state index < -0.39 is 11.8 Å². The van der Waals surface area contributed by atoms with Crippen molar-refractivity contribution < 1.29 is 23.9 Å². The summed E-state index contributed by atoms with van der Waals surface area (Å²) >= 11 is 8.34. The average molecular weight is 518 g/mol. The average Bonchev–Trinajstić information content (AvgIpc) is 2.75. The molecule has 3 amide bonds. The number of hydrogen-bond acceptors (Lipinski definition) is 6. The Bertz CT molecular complexity index is 1130.